The molecule has 1 fully saturated rings. The van der Waals surface area contributed by atoms with Crippen LogP contribution in [0.1, 0.15) is 5.76 Å². The van der Waals surface area contributed by atoms with E-state index < -0.39 is 14.9 Å². The van der Waals surface area contributed by atoms with Gasteiger partial charge < -0.3 is 4.42 Å². The van der Waals surface area contributed by atoms with E-state index in [0.717, 1.165) is 11.8 Å². The van der Waals surface area contributed by atoms with Gasteiger partial charge >= 0.3 is 0 Å². The fraction of sp³-hybridized carbons (Fsp3) is 0.0385. The number of furan rings is 1. The second kappa shape index (κ2) is 11.3. The first-order chi connectivity index (χ1) is 19.2. The predicted octanol–water partition coefficient (Wildman–Crippen LogP) is 5.90. The van der Waals surface area contributed by atoms with Gasteiger partial charge in [0.1, 0.15) is 11.5 Å². The average Bonchev–Trinajstić information content (AvgIpc) is 3.68. The van der Waals surface area contributed by atoms with Gasteiger partial charge in [-0.2, -0.15) is 0 Å². The van der Waals surface area contributed by atoms with E-state index in [-0.39, 0.29) is 28.2 Å². The minimum atomic E-state index is -3.81. The first kappa shape index (κ1) is 27.1. The lowest BCUT2D eigenvalue weighted by Gasteiger charge is -2.12. The molecule has 2 aromatic heterocycles. The summed E-state index contributed by atoms with van der Waals surface area (Å²) in [5, 5.41) is 13.4. The highest BCUT2D eigenvalue weighted by atomic mass is 32.2. The Labute approximate surface area is 236 Å². The number of nitro benzene ring substituents is 1. The quantitative estimate of drug-likeness (QED) is 0.109. The van der Waals surface area contributed by atoms with Crippen molar-refractivity contribution in [1.82, 2.24) is 9.88 Å². The maximum Gasteiger partial charge on any atom is 0.270 e. The first-order valence-electron chi connectivity index (χ1n) is 11.5. The molecule has 0 radical (unpaired) electrons. The van der Waals surface area contributed by atoms with Crippen molar-refractivity contribution in [3.8, 4) is 11.3 Å². The van der Waals surface area contributed by atoms with Crippen LogP contribution in [0.3, 0.4) is 0 Å². The molecular weight excluding hydrogens is 575 g/mol. The van der Waals surface area contributed by atoms with E-state index in [0.29, 0.717) is 32.8 Å². The van der Waals surface area contributed by atoms with Crippen LogP contribution >= 0.6 is 23.1 Å². The number of carbonyl (C=O) groups is 1. The molecule has 0 unspecified atom stereocenters. The third kappa shape index (κ3) is 5.88. The molecule has 0 spiro atoms. The molecule has 1 N–H and O–H groups in total. The number of rotatable bonds is 9. The number of hydrogen-bond acceptors (Lipinski definition) is 10. The van der Waals surface area contributed by atoms with Crippen LogP contribution in [-0.4, -0.2) is 40.8 Å². The van der Waals surface area contributed by atoms with E-state index in [4.69, 9.17) is 4.42 Å². The Morgan fingerprint density at radius 1 is 1.18 bits per heavy atom. The van der Waals surface area contributed by atoms with Crippen LogP contribution in [0.25, 0.3) is 17.4 Å². The highest BCUT2D eigenvalue weighted by Gasteiger charge is 2.33. The summed E-state index contributed by atoms with van der Waals surface area (Å²) in [5.74, 6) is 0.505. The largest absolute Gasteiger partial charge is 0.457 e. The topological polar surface area (TPSA) is 148 Å². The van der Waals surface area contributed by atoms with E-state index in [1.54, 1.807) is 53.9 Å². The summed E-state index contributed by atoms with van der Waals surface area (Å²) in [7, 11) is -3.81. The number of thiazole rings is 1. The van der Waals surface area contributed by atoms with E-state index in [2.05, 4.69) is 21.3 Å². The maximum absolute atomic E-state index is 13.1. The lowest BCUT2D eigenvalue weighted by atomic mass is 10.1. The molecule has 0 aliphatic carbocycles. The van der Waals surface area contributed by atoms with E-state index in [1.807, 2.05) is 0 Å². The van der Waals surface area contributed by atoms with Crippen molar-refractivity contribution in [3.05, 3.63) is 106 Å². The van der Waals surface area contributed by atoms with Crippen molar-refractivity contribution < 1.29 is 22.6 Å². The molecule has 11 nitrogen and oxygen atoms in total. The van der Waals surface area contributed by atoms with Gasteiger partial charge in [0, 0.05) is 41.9 Å². The molecule has 40 heavy (non-hydrogen) atoms. The van der Waals surface area contributed by atoms with Crippen LogP contribution in [0.4, 0.5) is 16.5 Å². The Balaban J connectivity index is 1.37. The molecule has 2 aromatic carbocycles. The lowest BCUT2D eigenvalue weighted by molar-refractivity contribution is -0.384. The minimum Gasteiger partial charge on any atom is -0.457 e. The number of benzene rings is 2. The highest BCUT2D eigenvalue weighted by Crippen LogP contribution is 2.35. The third-order valence-electron chi connectivity index (χ3n) is 5.47. The second-order valence-corrected chi connectivity index (χ2v) is 11.7. The molecule has 14 heteroatoms. The Morgan fingerprint density at radius 3 is 2.67 bits per heavy atom. The fourth-order valence-electron chi connectivity index (χ4n) is 3.63. The highest BCUT2D eigenvalue weighted by molar-refractivity contribution is 8.18. The summed E-state index contributed by atoms with van der Waals surface area (Å²) >= 11 is 2.30. The summed E-state index contributed by atoms with van der Waals surface area (Å²) in [6.07, 6.45) is 4.65. The number of carbonyl (C=O) groups excluding carboxylic acids is 1. The van der Waals surface area contributed by atoms with Crippen LogP contribution in [0.15, 0.2) is 104 Å². The Bertz CT molecular complexity index is 1760. The molecule has 0 saturated carbocycles. The van der Waals surface area contributed by atoms with Crippen molar-refractivity contribution in [2.24, 2.45) is 4.99 Å². The summed E-state index contributed by atoms with van der Waals surface area (Å²) in [5.41, 5.74) is 0.925. The summed E-state index contributed by atoms with van der Waals surface area (Å²) in [6, 6.07) is 15.3. The Kier molecular flexibility index (Phi) is 7.64. The number of sulfonamides is 1. The zero-order chi connectivity index (χ0) is 28.3. The van der Waals surface area contributed by atoms with Crippen molar-refractivity contribution >= 4 is 66.8 Å². The number of amides is 1. The molecule has 0 atom stereocenters. The van der Waals surface area contributed by atoms with Crippen molar-refractivity contribution in [2.45, 2.75) is 4.90 Å². The van der Waals surface area contributed by atoms with Gasteiger partial charge in [0.05, 0.1) is 20.4 Å². The van der Waals surface area contributed by atoms with Gasteiger partial charge in [-0.05, 0) is 48.2 Å². The first-order valence-corrected chi connectivity index (χ1v) is 14.7. The molecule has 4 aromatic rings. The zero-order valence-corrected chi connectivity index (χ0v) is 22.9. The molecule has 3 heterocycles. The Hall–Kier alpha value is -4.53. The number of non-ortho nitro benzene ring substituents is 1. The van der Waals surface area contributed by atoms with Crippen LogP contribution in [-0.2, 0) is 14.8 Å². The van der Waals surface area contributed by atoms with Crippen molar-refractivity contribution in [2.75, 3.05) is 11.3 Å². The van der Waals surface area contributed by atoms with Gasteiger partial charge in [0.2, 0.25) is 0 Å². The van der Waals surface area contributed by atoms with Gasteiger partial charge in [-0.25, -0.2) is 18.4 Å². The number of nitrogens with one attached hydrogen (secondary N) is 1. The van der Waals surface area contributed by atoms with Crippen LogP contribution in [0.2, 0.25) is 0 Å². The molecule has 1 saturated heterocycles. The molecule has 202 valence electrons. The molecule has 1 aliphatic rings. The van der Waals surface area contributed by atoms with Crippen LogP contribution < -0.4 is 4.72 Å². The normalized spacial score (nSPS) is 15.6. The maximum atomic E-state index is 13.1. The summed E-state index contributed by atoms with van der Waals surface area (Å²) in [6.45, 7) is 3.92. The zero-order valence-electron chi connectivity index (χ0n) is 20.5. The molecule has 1 amide bonds. The van der Waals surface area contributed by atoms with Crippen LogP contribution in [0, 0.1) is 10.1 Å². The number of nitro groups is 1. The minimum absolute atomic E-state index is 0.0442. The second-order valence-electron chi connectivity index (χ2n) is 8.16. The molecular formula is C26H19N5O6S3. The molecule has 1 aliphatic heterocycles. The number of hydrogen-bond donors (Lipinski definition) is 1. The van der Waals surface area contributed by atoms with Crippen LogP contribution in [0.5, 0.6) is 0 Å². The van der Waals surface area contributed by atoms with E-state index in [9.17, 15) is 23.3 Å². The number of aromatic nitrogens is 1. The fourth-order valence-corrected chi connectivity index (χ4v) is 6.40. The van der Waals surface area contributed by atoms with Gasteiger partial charge in [-0.3, -0.25) is 24.5 Å². The average molecular weight is 594 g/mol. The number of amidine groups is 1. The predicted molar refractivity (Wildman–Crippen MR) is 155 cm³/mol. The molecule has 5 rings (SSSR count). The number of anilines is 1. The summed E-state index contributed by atoms with van der Waals surface area (Å²) in [4.78, 5) is 34.1. The Morgan fingerprint density at radius 2 is 1.98 bits per heavy atom. The van der Waals surface area contributed by atoms with Gasteiger partial charge in [0.25, 0.3) is 21.6 Å². The van der Waals surface area contributed by atoms with Gasteiger partial charge in [-0.1, -0.05) is 18.2 Å². The number of thioether (sulfide) groups is 1. The van der Waals surface area contributed by atoms with Gasteiger partial charge in [0.15, 0.2) is 10.3 Å². The van der Waals surface area contributed by atoms with Gasteiger partial charge in [-0.15, -0.1) is 17.9 Å². The smallest absolute Gasteiger partial charge is 0.270 e. The molecule has 0 bridgehead atoms. The van der Waals surface area contributed by atoms with Crippen molar-refractivity contribution in [3.63, 3.8) is 0 Å². The standard InChI is InChI=1S/C26H19N5O6S3/c1-2-13-30-24(32)23(16-20-8-11-22(37-20)17-4-3-5-19(15-17)31(33)34)39-26(30)28-18-6-9-21(10-7-18)40(35,36)29-25-27-12-14-38-25/h2-12,14-16H,1,13H2,(H,27,29). The van der Waals surface area contributed by atoms with Crippen molar-refractivity contribution in [1.29, 1.82) is 0 Å². The van der Waals surface area contributed by atoms with E-state index >= 15 is 0 Å². The number of aliphatic imine (C=N–C) groups is 1. The summed E-state index contributed by atoms with van der Waals surface area (Å²) < 4.78 is 33.4. The third-order valence-corrected chi connectivity index (χ3v) is 8.65. The monoisotopic (exact) mass is 593 g/mol. The lowest BCUT2D eigenvalue weighted by Crippen LogP contribution is -2.29. The van der Waals surface area contributed by atoms with E-state index in [1.165, 1.54) is 46.7 Å². The SMILES string of the molecule is C=CCN1C(=O)C(=Cc2ccc(-c3cccc([N+](=O)[O-])c3)o2)SC1=Nc1ccc(S(=O)(=O)Nc2nccs2)cc1. The number of nitrogens with zero attached hydrogens (tertiary/aromatic N) is 4.